The molecule has 0 aliphatic carbocycles. The molecule has 0 amide bonds. The first-order valence-corrected chi connectivity index (χ1v) is 11.6. The minimum Gasteiger partial charge on any atom is -0.367 e. The number of carbonyl (C=O) groups excluding carboxylic acids is 2. The van der Waals surface area contributed by atoms with Crippen LogP contribution in [-0.2, 0) is 9.53 Å². The number of ketones is 2. The molecule has 0 spiro atoms. The van der Waals surface area contributed by atoms with E-state index in [1.165, 1.54) is 18.2 Å². The van der Waals surface area contributed by atoms with E-state index in [9.17, 15) is 35.9 Å². The molecule has 1 unspecified atom stereocenters. The maximum Gasteiger partial charge on any atom is 0.305 e. The van der Waals surface area contributed by atoms with E-state index in [2.05, 4.69) is 31.9 Å². The van der Waals surface area contributed by atoms with E-state index in [0.717, 1.165) is 24.6 Å². The smallest absolute Gasteiger partial charge is 0.305 e. The zero-order chi connectivity index (χ0) is 25.7. The van der Waals surface area contributed by atoms with Crippen LogP contribution in [0.3, 0.4) is 0 Å². The predicted molar refractivity (Wildman–Crippen MR) is 127 cm³/mol. The zero-order valence-corrected chi connectivity index (χ0v) is 21.0. The van der Waals surface area contributed by atoms with Crippen molar-refractivity contribution in [3.8, 4) is 0 Å². The number of halogens is 8. The molecule has 1 aliphatic heterocycles. The Kier molecular flexibility index (Phi) is 11.6. The second-order valence-corrected chi connectivity index (χ2v) is 9.38. The van der Waals surface area contributed by atoms with E-state index < -0.39 is 48.7 Å². The molecule has 194 valence electrons. The van der Waals surface area contributed by atoms with Gasteiger partial charge in [-0.15, -0.1) is 0 Å². The van der Waals surface area contributed by atoms with Gasteiger partial charge in [-0.2, -0.15) is 8.78 Å². The third-order valence-corrected chi connectivity index (χ3v) is 6.33. The average Bonchev–Trinajstić information content (AvgIpc) is 2.73. The van der Waals surface area contributed by atoms with Crippen LogP contribution in [0.15, 0.2) is 45.3 Å². The summed E-state index contributed by atoms with van der Waals surface area (Å²) in [6, 6.07) is 7.54. The minimum absolute atomic E-state index is 0. The molecule has 0 saturated carbocycles. The van der Waals surface area contributed by atoms with E-state index in [-0.39, 0.29) is 42.2 Å². The van der Waals surface area contributed by atoms with E-state index >= 15 is 0 Å². The molecule has 0 radical (unpaired) electrons. The third kappa shape index (κ3) is 9.34. The molecular formula is C24H24Br2F6O3. The molecule has 35 heavy (non-hydrogen) atoms. The number of hydrogen-bond donors (Lipinski definition) is 0. The van der Waals surface area contributed by atoms with Gasteiger partial charge in [0.1, 0.15) is 18.2 Å². The van der Waals surface area contributed by atoms with Gasteiger partial charge in [-0.25, -0.2) is 17.6 Å². The lowest BCUT2D eigenvalue weighted by Gasteiger charge is -2.29. The lowest BCUT2D eigenvalue weighted by atomic mass is 10.00. The van der Waals surface area contributed by atoms with Crippen LogP contribution in [0.4, 0.5) is 26.3 Å². The van der Waals surface area contributed by atoms with E-state index in [1.807, 2.05) is 0 Å². The van der Waals surface area contributed by atoms with Gasteiger partial charge < -0.3 is 4.74 Å². The zero-order valence-electron chi connectivity index (χ0n) is 17.8. The third-order valence-electron chi connectivity index (χ3n) is 4.99. The quantitative estimate of drug-likeness (QED) is 0.237. The van der Waals surface area contributed by atoms with Crippen LogP contribution < -0.4 is 0 Å². The van der Waals surface area contributed by atoms with Gasteiger partial charge in [0.25, 0.3) is 5.92 Å². The van der Waals surface area contributed by atoms with Crippen molar-refractivity contribution < 1.29 is 40.7 Å². The van der Waals surface area contributed by atoms with Crippen molar-refractivity contribution >= 4 is 43.4 Å². The van der Waals surface area contributed by atoms with Crippen molar-refractivity contribution in [2.45, 2.75) is 58.0 Å². The van der Waals surface area contributed by atoms with Crippen molar-refractivity contribution in [1.82, 2.24) is 0 Å². The first-order chi connectivity index (χ1) is 15.7. The second kappa shape index (κ2) is 13.0. The fourth-order valence-electron chi connectivity index (χ4n) is 3.03. The first-order valence-electron chi connectivity index (χ1n) is 10.0. The van der Waals surface area contributed by atoms with Crippen molar-refractivity contribution in [3.63, 3.8) is 0 Å². The summed E-state index contributed by atoms with van der Waals surface area (Å²) >= 11 is 6.19. The first kappa shape index (κ1) is 31.3. The molecule has 0 aromatic heterocycles. The minimum atomic E-state index is -3.50. The number of alkyl halides is 4. The van der Waals surface area contributed by atoms with Crippen LogP contribution in [0.25, 0.3) is 0 Å². The Bertz CT molecular complexity index is 1040. The number of ether oxygens (including phenoxy) is 1. The molecule has 1 heterocycles. The Balaban J connectivity index is 0.000000342. The highest BCUT2D eigenvalue weighted by Crippen LogP contribution is 2.38. The summed E-state index contributed by atoms with van der Waals surface area (Å²) in [5.41, 5.74) is 0.840. The summed E-state index contributed by atoms with van der Waals surface area (Å²) in [5.74, 6) is -8.97. The topological polar surface area (TPSA) is 43.4 Å². The van der Waals surface area contributed by atoms with Gasteiger partial charge >= 0.3 is 5.92 Å². The summed E-state index contributed by atoms with van der Waals surface area (Å²) < 4.78 is 83.2. The Morgan fingerprint density at radius 3 is 2.11 bits per heavy atom. The van der Waals surface area contributed by atoms with Crippen LogP contribution in [0.1, 0.15) is 62.1 Å². The normalized spacial score (nSPS) is 17.0. The second-order valence-electron chi connectivity index (χ2n) is 7.67. The molecule has 3 rings (SSSR count). The van der Waals surface area contributed by atoms with Gasteiger partial charge in [-0.1, -0.05) is 29.4 Å². The van der Waals surface area contributed by atoms with E-state index in [1.54, 1.807) is 6.07 Å². The van der Waals surface area contributed by atoms with Crippen molar-refractivity contribution in [1.29, 1.82) is 0 Å². The molecule has 0 N–H and O–H groups in total. The maximum atomic E-state index is 13.0. The monoisotopic (exact) mass is 632 g/mol. The van der Waals surface area contributed by atoms with E-state index in [0.29, 0.717) is 4.47 Å². The molecule has 11 heteroatoms. The van der Waals surface area contributed by atoms with Crippen molar-refractivity contribution in [2.24, 2.45) is 0 Å². The van der Waals surface area contributed by atoms with Crippen molar-refractivity contribution in [3.05, 3.63) is 68.1 Å². The molecule has 1 atom stereocenters. The summed E-state index contributed by atoms with van der Waals surface area (Å²) in [6.07, 6.45) is -1.64. The SMILES string of the molecule is C.CC(=O)C(F)(F)CCC(=O)c1ccc(F)cc1Br.Fc1ccc(C2CCC(F)(F)CO2)c(Br)c1. The Labute approximate surface area is 216 Å². The molecule has 1 aliphatic rings. The molecule has 3 nitrogen and oxygen atoms in total. The van der Waals surface area contributed by atoms with Crippen molar-refractivity contribution in [2.75, 3.05) is 6.61 Å². The summed E-state index contributed by atoms with van der Waals surface area (Å²) in [6.45, 7) is 0.208. The fourth-order valence-corrected chi connectivity index (χ4v) is 4.20. The molecule has 2 aromatic carbocycles. The van der Waals surface area contributed by atoms with Gasteiger partial charge in [-0.05, 0) is 58.2 Å². The fraction of sp³-hybridized carbons (Fsp3) is 0.417. The Morgan fingerprint density at radius 1 is 1.06 bits per heavy atom. The molecule has 2 aromatic rings. The van der Waals surface area contributed by atoms with Gasteiger partial charge in [0, 0.05) is 40.7 Å². The lowest BCUT2D eigenvalue weighted by Crippen LogP contribution is -2.31. The highest BCUT2D eigenvalue weighted by Gasteiger charge is 2.37. The molecule has 1 fully saturated rings. The highest BCUT2D eigenvalue weighted by molar-refractivity contribution is 9.10. The lowest BCUT2D eigenvalue weighted by molar-refractivity contribution is -0.145. The number of rotatable bonds is 6. The molecular weight excluding hydrogens is 610 g/mol. The van der Waals surface area contributed by atoms with Crippen LogP contribution in [-0.4, -0.2) is 30.0 Å². The number of hydrogen-bond acceptors (Lipinski definition) is 3. The van der Waals surface area contributed by atoms with Gasteiger partial charge in [-0.3, -0.25) is 9.59 Å². The van der Waals surface area contributed by atoms with Gasteiger partial charge in [0.2, 0.25) is 0 Å². The summed E-state index contributed by atoms with van der Waals surface area (Å²) in [7, 11) is 0. The molecule has 1 saturated heterocycles. The maximum absolute atomic E-state index is 13.0. The van der Waals surface area contributed by atoms with Gasteiger partial charge in [0.15, 0.2) is 11.6 Å². The summed E-state index contributed by atoms with van der Waals surface area (Å²) in [5, 5.41) is 0. The van der Waals surface area contributed by atoms with Gasteiger partial charge in [0.05, 0.1) is 6.10 Å². The highest BCUT2D eigenvalue weighted by atomic mass is 79.9. The number of carbonyl (C=O) groups is 2. The Hall–Kier alpha value is -1.72. The van der Waals surface area contributed by atoms with Crippen LogP contribution in [0.5, 0.6) is 0 Å². The summed E-state index contributed by atoms with van der Waals surface area (Å²) in [4.78, 5) is 22.3. The molecule has 0 bridgehead atoms. The largest absolute Gasteiger partial charge is 0.367 e. The van der Waals surface area contributed by atoms with Crippen LogP contribution >= 0.6 is 31.9 Å². The number of Topliss-reactive ketones (excluding diaryl/α,β-unsaturated/α-hetero) is 2. The van der Waals surface area contributed by atoms with Crippen LogP contribution in [0, 0.1) is 11.6 Å². The van der Waals surface area contributed by atoms with E-state index in [4.69, 9.17) is 4.74 Å². The van der Waals surface area contributed by atoms with Crippen LogP contribution in [0.2, 0.25) is 0 Å². The Morgan fingerprint density at radius 2 is 1.63 bits per heavy atom. The average molecular weight is 634 g/mol. The number of benzene rings is 2. The predicted octanol–water partition coefficient (Wildman–Crippen LogP) is 8.49. The standard InChI is InChI=1S/C12H10BrF3O2.C11H10BrF3O.CH4/c1-7(17)12(15,16)5-4-11(18)9-3-2-8(14)6-10(9)13;12-9-5-7(13)1-2-8(9)10-3-4-11(14,15)6-16-10;/h2-3,6H,4-5H2,1H3;1-2,5,10H,3-4,6H2;1H4.